The molecule has 0 aliphatic carbocycles. The fourth-order valence-electron chi connectivity index (χ4n) is 4.11. The molecular weight excluding hydrogens is 448 g/mol. The van der Waals surface area contributed by atoms with Crippen LogP contribution in [0.25, 0.3) is 0 Å². The van der Waals surface area contributed by atoms with Crippen molar-refractivity contribution in [2.45, 2.75) is 32.9 Å². The predicted molar refractivity (Wildman–Crippen MR) is 135 cm³/mol. The van der Waals surface area contributed by atoms with Gasteiger partial charge in [-0.25, -0.2) is 4.79 Å². The molecule has 188 valence electrons. The lowest BCUT2D eigenvalue weighted by Crippen LogP contribution is -2.48. The number of carbonyl (C=O) groups excluding carboxylic acids is 3. The van der Waals surface area contributed by atoms with Crippen LogP contribution in [0.5, 0.6) is 5.75 Å². The van der Waals surface area contributed by atoms with Crippen molar-refractivity contribution < 1.29 is 23.9 Å². The fraction of sp³-hybridized carbons (Fsp3) is 0.423. The Hall–Kier alpha value is -3.59. The minimum Gasteiger partial charge on any atom is -0.491 e. The van der Waals surface area contributed by atoms with Crippen LogP contribution in [0.15, 0.2) is 48.5 Å². The van der Waals surface area contributed by atoms with E-state index in [0.29, 0.717) is 35.8 Å². The molecular formula is C26H34N4O5. The Morgan fingerprint density at radius 1 is 1.03 bits per heavy atom. The van der Waals surface area contributed by atoms with Gasteiger partial charge in [0.25, 0.3) is 5.91 Å². The number of benzene rings is 2. The molecule has 0 spiro atoms. The van der Waals surface area contributed by atoms with Crippen molar-refractivity contribution >= 4 is 29.2 Å². The minimum atomic E-state index is -0.426. The molecule has 2 aromatic rings. The number of methoxy groups -OCH3 is 1. The van der Waals surface area contributed by atoms with E-state index in [9.17, 15) is 14.4 Å². The van der Waals surface area contributed by atoms with Crippen LogP contribution in [0, 0.1) is 5.92 Å². The smallest absolute Gasteiger partial charge is 0.323 e. The average molecular weight is 483 g/mol. The zero-order valence-corrected chi connectivity index (χ0v) is 20.9. The van der Waals surface area contributed by atoms with Crippen molar-refractivity contribution in [1.82, 2.24) is 9.80 Å². The summed E-state index contributed by atoms with van der Waals surface area (Å²) >= 11 is 0. The first kappa shape index (κ1) is 26.0. The van der Waals surface area contributed by atoms with Crippen LogP contribution in [0.1, 0.15) is 31.1 Å². The first-order chi connectivity index (χ1) is 16.7. The third kappa shape index (κ3) is 6.73. The highest BCUT2D eigenvalue weighted by Crippen LogP contribution is 2.26. The Balaban J connectivity index is 1.88. The largest absolute Gasteiger partial charge is 0.491 e. The number of nitrogens with one attached hydrogen (secondary N) is 2. The molecule has 0 aromatic heterocycles. The van der Waals surface area contributed by atoms with Gasteiger partial charge in [-0.2, -0.15) is 0 Å². The zero-order chi connectivity index (χ0) is 25.5. The Morgan fingerprint density at radius 2 is 1.71 bits per heavy atom. The number of anilines is 2. The monoisotopic (exact) mass is 482 g/mol. The van der Waals surface area contributed by atoms with Gasteiger partial charge in [0.05, 0.1) is 17.7 Å². The maximum Gasteiger partial charge on any atom is 0.323 e. The summed E-state index contributed by atoms with van der Waals surface area (Å²) in [6.07, 6.45) is -0.264. The molecule has 0 unspecified atom stereocenters. The van der Waals surface area contributed by atoms with Crippen LogP contribution in [0.4, 0.5) is 16.2 Å². The number of amides is 4. The van der Waals surface area contributed by atoms with Gasteiger partial charge in [0, 0.05) is 51.5 Å². The molecule has 1 aliphatic rings. The number of fused-ring (bicyclic) bond motifs is 1. The molecule has 2 N–H and O–H groups in total. The summed E-state index contributed by atoms with van der Waals surface area (Å²) < 4.78 is 11.7. The highest BCUT2D eigenvalue weighted by Gasteiger charge is 2.29. The second kappa shape index (κ2) is 11.7. The average Bonchev–Trinajstić information content (AvgIpc) is 2.83. The summed E-state index contributed by atoms with van der Waals surface area (Å²) in [6, 6.07) is 13.4. The molecule has 0 radical (unpaired) electrons. The summed E-state index contributed by atoms with van der Waals surface area (Å²) in [4.78, 5) is 41.5. The normalized spacial score (nSPS) is 21.2. The third-order valence-corrected chi connectivity index (χ3v) is 6.14. The van der Waals surface area contributed by atoms with Gasteiger partial charge in [0.15, 0.2) is 0 Å². The first-order valence-corrected chi connectivity index (χ1v) is 11.6. The molecule has 3 rings (SSSR count). The molecule has 2 aromatic carbocycles. The maximum absolute atomic E-state index is 13.4. The Morgan fingerprint density at radius 3 is 2.37 bits per heavy atom. The number of rotatable bonds is 3. The predicted octanol–water partition coefficient (Wildman–Crippen LogP) is 3.68. The lowest BCUT2D eigenvalue weighted by molar-refractivity contribution is -0.133. The van der Waals surface area contributed by atoms with E-state index in [2.05, 4.69) is 10.6 Å². The Labute approximate surface area is 206 Å². The van der Waals surface area contributed by atoms with Crippen LogP contribution in [0.2, 0.25) is 0 Å². The number of nitrogens with zero attached hydrogens (tertiary/aromatic N) is 2. The summed E-state index contributed by atoms with van der Waals surface area (Å²) in [6.45, 7) is 6.51. The number of likely N-dealkylation sites (N-methyl/N-ethyl adjacent to an activating group) is 1. The van der Waals surface area contributed by atoms with E-state index < -0.39 is 6.03 Å². The van der Waals surface area contributed by atoms with Crippen molar-refractivity contribution in [3.8, 4) is 5.75 Å². The number of hydrogen-bond acceptors (Lipinski definition) is 5. The van der Waals surface area contributed by atoms with E-state index in [-0.39, 0.29) is 36.5 Å². The van der Waals surface area contributed by atoms with Crippen LogP contribution in [0.3, 0.4) is 0 Å². The molecule has 1 heterocycles. The van der Waals surface area contributed by atoms with Gasteiger partial charge in [-0.05, 0) is 37.3 Å². The van der Waals surface area contributed by atoms with Gasteiger partial charge < -0.3 is 29.9 Å². The minimum absolute atomic E-state index is 0.00446. The van der Waals surface area contributed by atoms with Gasteiger partial charge in [-0.3, -0.25) is 9.59 Å². The van der Waals surface area contributed by atoms with E-state index in [4.69, 9.17) is 9.47 Å². The zero-order valence-electron chi connectivity index (χ0n) is 20.9. The Kier molecular flexibility index (Phi) is 8.70. The van der Waals surface area contributed by atoms with Gasteiger partial charge in [0.1, 0.15) is 12.4 Å². The molecule has 0 saturated carbocycles. The Bertz CT molecular complexity index is 1050. The van der Waals surface area contributed by atoms with E-state index in [1.807, 2.05) is 32.0 Å². The number of urea groups is 1. The van der Waals surface area contributed by atoms with E-state index in [0.717, 1.165) is 0 Å². The third-order valence-electron chi connectivity index (χ3n) is 6.14. The summed E-state index contributed by atoms with van der Waals surface area (Å²) in [5, 5.41) is 5.52. The van der Waals surface area contributed by atoms with Gasteiger partial charge in [-0.15, -0.1) is 0 Å². The molecule has 0 fully saturated rings. The highest BCUT2D eigenvalue weighted by molar-refractivity contribution is 6.02. The standard InChI is InChI=1S/C26H34N4O5/c1-17-14-30(19(3)31)18(2)16-35-23-12-11-21(28-26(33)27-20-9-7-6-8-10-20)13-22(23)25(32)29(4)15-24(17)34-5/h6-13,17-18,24H,14-16H2,1-5H3,(H2,27,28,33)/t17-,18+,24-/m0/s1. The number of para-hydroxylation sites is 1. The topological polar surface area (TPSA) is 100 Å². The molecule has 1 aliphatic heterocycles. The van der Waals surface area contributed by atoms with Crippen molar-refractivity contribution in [2.75, 3.05) is 44.5 Å². The summed E-state index contributed by atoms with van der Waals surface area (Å²) in [5.41, 5.74) is 1.42. The van der Waals surface area contributed by atoms with Crippen LogP contribution < -0.4 is 15.4 Å². The number of carbonyl (C=O) groups is 3. The molecule has 9 nitrogen and oxygen atoms in total. The molecule has 35 heavy (non-hydrogen) atoms. The quantitative estimate of drug-likeness (QED) is 0.695. The van der Waals surface area contributed by atoms with Crippen molar-refractivity contribution in [3.63, 3.8) is 0 Å². The van der Waals surface area contributed by atoms with Crippen molar-refractivity contribution in [2.24, 2.45) is 5.92 Å². The highest BCUT2D eigenvalue weighted by atomic mass is 16.5. The van der Waals surface area contributed by atoms with Crippen LogP contribution in [-0.4, -0.2) is 73.6 Å². The lowest BCUT2D eigenvalue weighted by Gasteiger charge is -2.35. The summed E-state index contributed by atoms with van der Waals surface area (Å²) in [5.74, 6) is 0.0792. The molecule has 0 bridgehead atoms. The first-order valence-electron chi connectivity index (χ1n) is 11.6. The fourth-order valence-corrected chi connectivity index (χ4v) is 4.11. The molecule has 0 saturated heterocycles. The van der Waals surface area contributed by atoms with Crippen molar-refractivity contribution in [3.05, 3.63) is 54.1 Å². The lowest BCUT2D eigenvalue weighted by atomic mass is 10.0. The van der Waals surface area contributed by atoms with Crippen molar-refractivity contribution in [1.29, 1.82) is 0 Å². The van der Waals surface area contributed by atoms with E-state index in [1.54, 1.807) is 61.2 Å². The van der Waals surface area contributed by atoms with Gasteiger partial charge >= 0.3 is 6.03 Å². The second-order valence-corrected chi connectivity index (χ2v) is 8.92. The van der Waals surface area contributed by atoms with Crippen LogP contribution in [-0.2, 0) is 9.53 Å². The number of ether oxygens (including phenoxy) is 2. The summed E-state index contributed by atoms with van der Waals surface area (Å²) in [7, 11) is 3.31. The van der Waals surface area contributed by atoms with Gasteiger partial charge in [-0.1, -0.05) is 25.1 Å². The van der Waals surface area contributed by atoms with Crippen LogP contribution >= 0.6 is 0 Å². The SMILES string of the molecule is CO[C@H]1CN(C)C(=O)c2cc(NC(=O)Nc3ccccc3)ccc2OC[C@@H](C)N(C(C)=O)C[C@@H]1C. The molecule has 4 amide bonds. The molecule has 3 atom stereocenters. The maximum atomic E-state index is 13.4. The number of hydrogen-bond donors (Lipinski definition) is 2. The van der Waals surface area contributed by atoms with Gasteiger partial charge in [0.2, 0.25) is 5.91 Å². The molecule has 9 heteroatoms. The van der Waals surface area contributed by atoms with E-state index >= 15 is 0 Å². The van der Waals surface area contributed by atoms with E-state index in [1.165, 1.54) is 0 Å². The second-order valence-electron chi connectivity index (χ2n) is 8.92.